The molecule has 1 aromatic carbocycles. The van der Waals surface area contributed by atoms with Gasteiger partial charge in [-0.25, -0.2) is 13.8 Å². The number of hydrogen-bond donors (Lipinski definition) is 0. The van der Waals surface area contributed by atoms with Crippen LogP contribution in [0.15, 0.2) is 24.3 Å². The van der Waals surface area contributed by atoms with Crippen molar-refractivity contribution in [3.8, 4) is 17.0 Å². The maximum absolute atomic E-state index is 14.2. The van der Waals surface area contributed by atoms with Gasteiger partial charge in [0, 0.05) is 31.2 Å². The van der Waals surface area contributed by atoms with Gasteiger partial charge in [0.15, 0.2) is 5.78 Å². The molecule has 1 aromatic heterocycles. The van der Waals surface area contributed by atoms with Gasteiger partial charge in [0.1, 0.15) is 23.4 Å². The van der Waals surface area contributed by atoms with E-state index in [9.17, 15) is 13.6 Å². The highest BCUT2D eigenvalue weighted by Crippen LogP contribution is 2.36. The smallest absolute Gasteiger partial charge is 0.218 e. The third-order valence-corrected chi connectivity index (χ3v) is 4.02. The molecule has 0 bridgehead atoms. The van der Waals surface area contributed by atoms with Crippen LogP contribution in [0.2, 0.25) is 0 Å². The van der Waals surface area contributed by atoms with Gasteiger partial charge in [-0.15, -0.1) is 0 Å². The average molecular weight is 333 g/mol. The molecule has 24 heavy (non-hydrogen) atoms. The first kappa shape index (κ1) is 16.5. The van der Waals surface area contributed by atoms with E-state index in [1.165, 1.54) is 25.1 Å². The Balaban J connectivity index is 2.13. The molecular weight excluding hydrogens is 316 g/mol. The van der Waals surface area contributed by atoms with Crippen LogP contribution in [0.3, 0.4) is 0 Å². The molecule has 1 aliphatic heterocycles. The van der Waals surface area contributed by atoms with Crippen molar-refractivity contribution >= 4 is 5.78 Å². The number of nitrogens with zero attached hydrogens (tertiary/aromatic N) is 1. The van der Waals surface area contributed by atoms with Crippen molar-refractivity contribution in [3.05, 3.63) is 47.2 Å². The fourth-order valence-corrected chi connectivity index (χ4v) is 2.84. The number of ether oxygens (including phenoxy) is 2. The highest BCUT2D eigenvalue weighted by atomic mass is 19.1. The summed E-state index contributed by atoms with van der Waals surface area (Å²) >= 11 is 0. The molecule has 0 radical (unpaired) electrons. The number of aromatic nitrogens is 1. The van der Waals surface area contributed by atoms with Gasteiger partial charge in [0.05, 0.1) is 6.61 Å². The second-order valence-corrected chi connectivity index (χ2v) is 5.75. The molecular formula is C18H17F2NO3. The molecule has 0 amide bonds. The summed E-state index contributed by atoms with van der Waals surface area (Å²) in [5.41, 5.74) is 1.65. The largest absolute Gasteiger partial charge is 0.472 e. The van der Waals surface area contributed by atoms with Crippen LogP contribution in [0.5, 0.6) is 5.88 Å². The number of carbonyl (C=O) groups excluding carboxylic acids is 1. The summed E-state index contributed by atoms with van der Waals surface area (Å²) in [5, 5.41) is 0. The van der Waals surface area contributed by atoms with Crippen LogP contribution < -0.4 is 4.74 Å². The van der Waals surface area contributed by atoms with E-state index >= 15 is 0 Å². The van der Waals surface area contributed by atoms with Crippen LogP contribution in [0.4, 0.5) is 8.78 Å². The van der Waals surface area contributed by atoms with Crippen LogP contribution in [-0.4, -0.2) is 30.6 Å². The van der Waals surface area contributed by atoms with E-state index in [0.717, 1.165) is 11.6 Å². The number of benzene rings is 1. The molecule has 0 aliphatic carbocycles. The van der Waals surface area contributed by atoms with Gasteiger partial charge >= 0.3 is 0 Å². The van der Waals surface area contributed by atoms with Crippen LogP contribution in [0.25, 0.3) is 11.1 Å². The predicted octanol–water partition coefficient (Wildman–Crippen LogP) is 3.57. The Morgan fingerprint density at radius 1 is 1.33 bits per heavy atom. The first-order valence-electron chi connectivity index (χ1n) is 7.65. The van der Waals surface area contributed by atoms with Crippen LogP contribution in [0.1, 0.15) is 29.4 Å². The molecule has 1 atom stereocenters. The third-order valence-electron chi connectivity index (χ3n) is 4.02. The van der Waals surface area contributed by atoms with Crippen molar-refractivity contribution in [2.75, 3.05) is 13.7 Å². The summed E-state index contributed by atoms with van der Waals surface area (Å²) in [5.74, 6) is -1.27. The highest BCUT2D eigenvalue weighted by molar-refractivity contribution is 5.94. The SMILES string of the molecule is COC[C@H]1CCc2c(-c3ccc(F)cc3F)cc(C(C)=O)nc2O1. The maximum atomic E-state index is 14.2. The molecule has 0 fully saturated rings. The first-order valence-corrected chi connectivity index (χ1v) is 7.65. The molecule has 0 unspecified atom stereocenters. The molecule has 2 aromatic rings. The zero-order chi connectivity index (χ0) is 17.3. The van der Waals surface area contributed by atoms with Crippen molar-refractivity contribution in [1.29, 1.82) is 0 Å². The number of carbonyl (C=O) groups is 1. The Kier molecular flexibility index (Phi) is 4.57. The van der Waals surface area contributed by atoms with E-state index in [-0.39, 0.29) is 23.1 Å². The number of ketones is 1. The van der Waals surface area contributed by atoms with E-state index in [0.29, 0.717) is 30.9 Å². The van der Waals surface area contributed by atoms with Gasteiger partial charge in [0.2, 0.25) is 5.88 Å². The van der Waals surface area contributed by atoms with Crippen LogP contribution in [0, 0.1) is 11.6 Å². The number of hydrogen-bond acceptors (Lipinski definition) is 4. The minimum Gasteiger partial charge on any atom is -0.472 e. The van der Waals surface area contributed by atoms with Gasteiger partial charge < -0.3 is 9.47 Å². The number of pyridine rings is 1. The van der Waals surface area contributed by atoms with Gasteiger partial charge in [-0.1, -0.05) is 0 Å². The fraction of sp³-hybridized carbons (Fsp3) is 0.333. The standard InChI is InChI=1S/C18H17F2NO3/c1-10(22)17-8-15(13-5-3-11(19)7-16(13)20)14-6-4-12(9-23-2)24-18(14)21-17/h3,5,7-8,12H,4,6,9H2,1-2H3/t12-/m1/s1. The van der Waals surface area contributed by atoms with Crippen molar-refractivity contribution in [1.82, 2.24) is 4.98 Å². The monoisotopic (exact) mass is 333 g/mol. The molecule has 126 valence electrons. The average Bonchev–Trinajstić information content (AvgIpc) is 2.54. The lowest BCUT2D eigenvalue weighted by Crippen LogP contribution is -2.28. The zero-order valence-electron chi connectivity index (χ0n) is 13.4. The molecule has 1 aliphatic rings. The topological polar surface area (TPSA) is 48.4 Å². The van der Waals surface area contributed by atoms with Gasteiger partial charge in [-0.3, -0.25) is 4.79 Å². The van der Waals surface area contributed by atoms with E-state index in [2.05, 4.69) is 4.98 Å². The lowest BCUT2D eigenvalue weighted by molar-refractivity contribution is 0.0639. The molecule has 4 nitrogen and oxygen atoms in total. The van der Waals surface area contributed by atoms with Gasteiger partial charge in [-0.2, -0.15) is 0 Å². The zero-order valence-corrected chi connectivity index (χ0v) is 13.4. The molecule has 2 heterocycles. The second kappa shape index (κ2) is 6.65. The molecule has 0 saturated heterocycles. The predicted molar refractivity (Wildman–Crippen MR) is 84.2 cm³/mol. The summed E-state index contributed by atoms with van der Waals surface area (Å²) in [7, 11) is 1.58. The van der Waals surface area contributed by atoms with E-state index in [1.807, 2.05) is 0 Å². The second-order valence-electron chi connectivity index (χ2n) is 5.75. The van der Waals surface area contributed by atoms with Gasteiger partial charge in [0.25, 0.3) is 0 Å². The number of rotatable bonds is 4. The number of halogens is 2. The van der Waals surface area contributed by atoms with Crippen molar-refractivity contribution in [3.63, 3.8) is 0 Å². The Bertz CT molecular complexity index is 792. The molecule has 0 spiro atoms. The number of methoxy groups -OCH3 is 1. The summed E-state index contributed by atoms with van der Waals surface area (Å²) in [6.07, 6.45) is 1.14. The number of fused-ring (bicyclic) bond motifs is 1. The molecule has 0 saturated carbocycles. The summed E-state index contributed by atoms with van der Waals surface area (Å²) in [6, 6.07) is 4.92. The summed E-state index contributed by atoms with van der Waals surface area (Å²) in [4.78, 5) is 16.0. The minimum atomic E-state index is -0.683. The van der Waals surface area contributed by atoms with Crippen LogP contribution in [-0.2, 0) is 11.2 Å². The normalized spacial score (nSPS) is 16.4. The minimum absolute atomic E-state index is 0.164. The Morgan fingerprint density at radius 2 is 2.12 bits per heavy atom. The summed E-state index contributed by atoms with van der Waals surface area (Å²) in [6.45, 7) is 1.79. The molecule has 0 N–H and O–H groups in total. The fourth-order valence-electron chi connectivity index (χ4n) is 2.84. The number of Topliss-reactive ketones (excluding diaryl/α,β-unsaturated/α-hetero) is 1. The van der Waals surface area contributed by atoms with Crippen molar-refractivity contribution in [2.45, 2.75) is 25.9 Å². The Morgan fingerprint density at radius 3 is 2.79 bits per heavy atom. The lowest BCUT2D eigenvalue weighted by atomic mass is 9.93. The van der Waals surface area contributed by atoms with Crippen molar-refractivity contribution in [2.24, 2.45) is 0 Å². The lowest BCUT2D eigenvalue weighted by Gasteiger charge is -2.27. The first-order chi connectivity index (χ1) is 11.5. The quantitative estimate of drug-likeness (QED) is 0.803. The highest BCUT2D eigenvalue weighted by Gasteiger charge is 2.26. The van der Waals surface area contributed by atoms with Crippen molar-refractivity contribution < 1.29 is 23.0 Å². The maximum Gasteiger partial charge on any atom is 0.218 e. The van der Waals surface area contributed by atoms with Gasteiger partial charge in [-0.05, 0) is 36.6 Å². The molecule has 6 heteroatoms. The summed E-state index contributed by atoms with van der Waals surface area (Å²) < 4.78 is 38.3. The van der Waals surface area contributed by atoms with E-state index in [4.69, 9.17) is 9.47 Å². The third kappa shape index (κ3) is 3.14. The Labute approximate surface area is 138 Å². The van der Waals surface area contributed by atoms with E-state index in [1.54, 1.807) is 7.11 Å². The Hall–Kier alpha value is -2.34. The van der Waals surface area contributed by atoms with E-state index < -0.39 is 11.6 Å². The molecule has 3 rings (SSSR count). The van der Waals surface area contributed by atoms with Crippen LogP contribution >= 0.6 is 0 Å².